The molecule has 4 rings (SSSR count). The lowest BCUT2D eigenvalue weighted by Crippen LogP contribution is -2.48. The molecule has 2 fully saturated rings. The van der Waals surface area contributed by atoms with Crippen LogP contribution in [0.3, 0.4) is 0 Å². The zero-order chi connectivity index (χ0) is 17.9. The van der Waals surface area contributed by atoms with Crippen LogP contribution in [0.4, 0.5) is 5.13 Å². The monoisotopic (exact) mass is 410 g/mol. The summed E-state index contributed by atoms with van der Waals surface area (Å²) in [6.07, 6.45) is 3.98. The molecule has 2 saturated heterocycles. The van der Waals surface area contributed by atoms with E-state index in [4.69, 9.17) is 16.6 Å². The fourth-order valence-corrected chi connectivity index (χ4v) is 5.43. The highest BCUT2D eigenvalue weighted by Gasteiger charge is 2.24. The highest BCUT2D eigenvalue weighted by Crippen LogP contribution is 2.26. The maximum Gasteiger partial charge on any atom is 0.264 e. The lowest BCUT2D eigenvalue weighted by atomic mass is 10.1. The van der Waals surface area contributed by atoms with Gasteiger partial charge in [-0.15, -0.1) is 22.7 Å². The Morgan fingerprint density at radius 2 is 1.85 bits per heavy atom. The van der Waals surface area contributed by atoms with Crippen molar-refractivity contribution in [2.75, 3.05) is 44.2 Å². The third-order valence-electron chi connectivity index (χ3n) is 5.00. The molecule has 4 heterocycles. The Hall–Kier alpha value is -1.15. The number of carbonyl (C=O) groups excluding carboxylic acids is 1. The smallest absolute Gasteiger partial charge is 0.264 e. The van der Waals surface area contributed by atoms with Crippen molar-refractivity contribution >= 4 is 45.3 Å². The Labute approximate surface area is 167 Å². The van der Waals surface area contributed by atoms with Crippen LogP contribution in [0, 0.1) is 0 Å². The predicted octanol–water partition coefficient (Wildman–Crippen LogP) is 3.81. The first-order valence-electron chi connectivity index (χ1n) is 9.15. The SMILES string of the molecule is O=C(c1ccc(Cl)s1)N1CCN(c2nc(CN3CCCCC3)cs2)CC1. The summed E-state index contributed by atoms with van der Waals surface area (Å²) in [4.78, 5) is 24.8. The Balaban J connectivity index is 1.31. The van der Waals surface area contributed by atoms with Gasteiger partial charge in [0.1, 0.15) is 0 Å². The van der Waals surface area contributed by atoms with Crippen LogP contribution in [-0.4, -0.2) is 60.0 Å². The molecule has 0 spiro atoms. The number of anilines is 1. The highest BCUT2D eigenvalue weighted by molar-refractivity contribution is 7.18. The third-order valence-corrected chi connectivity index (χ3v) is 7.16. The molecule has 0 atom stereocenters. The summed E-state index contributed by atoms with van der Waals surface area (Å²) < 4.78 is 0.663. The van der Waals surface area contributed by atoms with Crippen molar-refractivity contribution in [3.05, 3.63) is 32.4 Å². The first-order chi connectivity index (χ1) is 12.7. The number of nitrogens with zero attached hydrogens (tertiary/aromatic N) is 4. The van der Waals surface area contributed by atoms with Crippen LogP contribution in [0.5, 0.6) is 0 Å². The van der Waals surface area contributed by atoms with Crippen molar-refractivity contribution in [2.24, 2.45) is 0 Å². The Morgan fingerprint density at radius 1 is 1.08 bits per heavy atom. The van der Waals surface area contributed by atoms with Gasteiger partial charge >= 0.3 is 0 Å². The topological polar surface area (TPSA) is 39.7 Å². The second-order valence-electron chi connectivity index (χ2n) is 6.84. The van der Waals surface area contributed by atoms with E-state index in [2.05, 4.69) is 15.2 Å². The van der Waals surface area contributed by atoms with Gasteiger partial charge in [0, 0.05) is 38.1 Å². The molecular weight excluding hydrogens is 388 g/mol. The maximum atomic E-state index is 12.5. The van der Waals surface area contributed by atoms with E-state index in [-0.39, 0.29) is 5.91 Å². The van der Waals surface area contributed by atoms with Gasteiger partial charge in [-0.2, -0.15) is 0 Å². The van der Waals surface area contributed by atoms with Gasteiger partial charge in [-0.25, -0.2) is 4.98 Å². The molecule has 0 aromatic carbocycles. The van der Waals surface area contributed by atoms with E-state index in [1.165, 1.54) is 49.4 Å². The average molecular weight is 411 g/mol. The van der Waals surface area contributed by atoms with Crippen LogP contribution in [0.2, 0.25) is 4.34 Å². The van der Waals surface area contributed by atoms with Crippen LogP contribution >= 0.6 is 34.3 Å². The lowest BCUT2D eigenvalue weighted by molar-refractivity contribution is 0.0751. The number of hydrogen-bond acceptors (Lipinski definition) is 6. The van der Waals surface area contributed by atoms with E-state index in [1.807, 2.05) is 11.0 Å². The first-order valence-corrected chi connectivity index (χ1v) is 11.2. The number of carbonyl (C=O) groups is 1. The molecule has 0 aliphatic carbocycles. The van der Waals surface area contributed by atoms with Crippen LogP contribution < -0.4 is 4.90 Å². The van der Waals surface area contributed by atoms with Gasteiger partial charge in [0.25, 0.3) is 5.91 Å². The van der Waals surface area contributed by atoms with Gasteiger partial charge < -0.3 is 9.80 Å². The summed E-state index contributed by atoms with van der Waals surface area (Å²) in [5.41, 5.74) is 1.18. The van der Waals surface area contributed by atoms with Crippen molar-refractivity contribution in [3.63, 3.8) is 0 Å². The summed E-state index contributed by atoms with van der Waals surface area (Å²) in [7, 11) is 0. The summed E-state index contributed by atoms with van der Waals surface area (Å²) in [6, 6.07) is 3.60. The normalized spacial score (nSPS) is 19.1. The van der Waals surface area contributed by atoms with E-state index in [1.54, 1.807) is 17.4 Å². The molecule has 0 saturated carbocycles. The standard InChI is InChI=1S/C18H23ClN4OS2/c19-16-5-4-15(26-16)17(24)22-8-10-23(11-9-22)18-20-14(13-25-18)12-21-6-2-1-3-7-21/h4-5,13H,1-3,6-12H2. The molecule has 2 aromatic heterocycles. The number of thiazole rings is 1. The van der Waals surface area contributed by atoms with Gasteiger partial charge in [-0.3, -0.25) is 9.69 Å². The molecule has 0 radical (unpaired) electrons. The molecule has 2 aromatic rings. The number of piperidine rings is 1. The Morgan fingerprint density at radius 3 is 2.54 bits per heavy atom. The Bertz CT molecular complexity index is 748. The van der Waals surface area contributed by atoms with Gasteiger partial charge in [0.05, 0.1) is 14.9 Å². The largest absolute Gasteiger partial charge is 0.345 e. The molecular formula is C18H23ClN4OS2. The summed E-state index contributed by atoms with van der Waals surface area (Å²) in [5, 5.41) is 3.28. The van der Waals surface area contributed by atoms with E-state index in [0.717, 1.165) is 42.7 Å². The number of aromatic nitrogens is 1. The van der Waals surface area contributed by atoms with Crippen LogP contribution in [-0.2, 0) is 6.54 Å². The van der Waals surface area contributed by atoms with Gasteiger partial charge in [0.15, 0.2) is 5.13 Å². The molecule has 2 aliphatic heterocycles. The van der Waals surface area contributed by atoms with Crippen molar-refractivity contribution in [3.8, 4) is 0 Å². The molecule has 2 aliphatic rings. The number of rotatable bonds is 4. The third kappa shape index (κ3) is 4.22. The number of amides is 1. The molecule has 0 N–H and O–H groups in total. The van der Waals surface area contributed by atoms with Crippen molar-refractivity contribution < 1.29 is 4.79 Å². The van der Waals surface area contributed by atoms with E-state index in [9.17, 15) is 4.79 Å². The molecule has 0 bridgehead atoms. The molecule has 8 heteroatoms. The summed E-state index contributed by atoms with van der Waals surface area (Å²) in [6.45, 7) is 6.49. The van der Waals surface area contributed by atoms with E-state index in [0.29, 0.717) is 4.34 Å². The predicted molar refractivity (Wildman–Crippen MR) is 109 cm³/mol. The number of halogens is 1. The minimum Gasteiger partial charge on any atom is -0.345 e. The van der Waals surface area contributed by atoms with Crippen LogP contribution in [0.1, 0.15) is 34.6 Å². The Kier molecular flexibility index (Phi) is 5.78. The minimum absolute atomic E-state index is 0.0893. The van der Waals surface area contributed by atoms with Gasteiger partial charge in [-0.1, -0.05) is 18.0 Å². The van der Waals surface area contributed by atoms with Crippen LogP contribution in [0.15, 0.2) is 17.5 Å². The molecule has 26 heavy (non-hydrogen) atoms. The van der Waals surface area contributed by atoms with Crippen molar-refractivity contribution in [2.45, 2.75) is 25.8 Å². The fraction of sp³-hybridized carbons (Fsp3) is 0.556. The second-order valence-corrected chi connectivity index (χ2v) is 9.39. The zero-order valence-electron chi connectivity index (χ0n) is 14.7. The quantitative estimate of drug-likeness (QED) is 0.768. The average Bonchev–Trinajstić information content (AvgIpc) is 3.31. The molecule has 5 nitrogen and oxygen atoms in total. The highest BCUT2D eigenvalue weighted by atomic mass is 35.5. The number of hydrogen-bond donors (Lipinski definition) is 0. The summed E-state index contributed by atoms with van der Waals surface area (Å²) in [5.74, 6) is 0.0893. The second kappa shape index (κ2) is 8.25. The van der Waals surface area contributed by atoms with E-state index < -0.39 is 0 Å². The molecule has 140 valence electrons. The minimum atomic E-state index is 0.0893. The van der Waals surface area contributed by atoms with Crippen molar-refractivity contribution in [1.29, 1.82) is 0 Å². The van der Waals surface area contributed by atoms with Gasteiger partial charge in [-0.05, 0) is 38.1 Å². The molecule has 0 unspecified atom stereocenters. The zero-order valence-corrected chi connectivity index (χ0v) is 17.1. The number of thiophene rings is 1. The van der Waals surface area contributed by atoms with Crippen molar-refractivity contribution in [1.82, 2.24) is 14.8 Å². The summed E-state index contributed by atoms with van der Waals surface area (Å²) >= 11 is 9.02. The lowest BCUT2D eigenvalue weighted by Gasteiger charge is -2.34. The van der Waals surface area contributed by atoms with Gasteiger partial charge in [0.2, 0.25) is 0 Å². The molecule has 1 amide bonds. The number of likely N-dealkylation sites (tertiary alicyclic amines) is 1. The first kappa shape index (κ1) is 18.2. The number of piperazine rings is 1. The fourth-order valence-electron chi connectivity index (χ4n) is 3.55. The van der Waals surface area contributed by atoms with Crippen LogP contribution in [0.25, 0.3) is 0 Å². The maximum absolute atomic E-state index is 12.5. The van der Waals surface area contributed by atoms with E-state index >= 15 is 0 Å².